The van der Waals surface area contributed by atoms with Crippen LogP contribution in [0.2, 0.25) is 0 Å². The quantitative estimate of drug-likeness (QED) is 0.818. The first-order valence-corrected chi connectivity index (χ1v) is 9.80. The van der Waals surface area contributed by atoms with Gasteiger partial charge < -0.3 is 15.0 Å². The highest BCUT2D eigenvalue weighted by Gasteiger charge is 2.53. The zero-order valence-electron chi connectivity index (χ0n) is 17.4. The number of hydrogen-bond donors (Lipinski definition) is 1. The summed E-state index contributed by atoms with van der Waals surface area (Å²) in [6, 6.07) is 6.27. The molecule has 4 nitrogen and oxygen atoms in total. The second-order valence-corrected chi connectivity index (χ2v) is 9.02. The van der Waals surface area contributed by atoms with Gasteiger partial charge in [0.15, 0.2) is 0 Å². The lowest BCUT2D eigenvalue weighted by atomic mass is 9.81. The fourth-order valence-electron chi connectivity index (χ4n) is 3.76. The van der Waals surface area contributed by atoms with Crippen LogP contribution in [0.15, 0.2) is 23.9 Å². The van der Waals surface area contributed by atoms with E-state index >= 15 is 4.39 Å². The third kappa shape index (κ3) is 4.14. The number of rotatable bonds is 4. The number of nitrogens with two attached hydrogens (primary N) is 1. The molecule has 2 aliphatic rings. The zero-order valence-corrected chi connectivity index (χ0v) is 17.4. The van der Waals surface area contributed by atoms with Crippen LogP contribution in [0.5, 0.6) is 0 Å². The van der Waals surface area contributed by atoms with Crippen LogP contribution in [0.3, 0.4) is 0 Å². The molecular weight excluding hydrogens is 342 g/mol. The van der Waals surface area contributed by atoms with Gasteiger partial charge in [0.25, 0.3) is 0 Å². The third-order valence-corrected chi connectivity index (χ3v) is 6.15. The van der Waals surface area contributed by atoms with Crippen LogP contribution in [0.1, 0.15) is 50.8 Å². The number of benzene rings is 1. The molecule has 1 aromatic carbocycles. The second kappa shape index (κ2) is 7.32. The molecule has 0 bridgehead atoms. The van der Waals surface area contributed by atoms with E-state index in [4.69, 9.17) is 15.0 Å². The van der Waals surface area contributed by atoms with E-state index in [9.17, 15) is 0 Å². The Morgan fingerprint density at radius 2 is 1.85 bits per heavy atom. The van der Waals surface area contributed by atoms with E-state index in [1.54, 1.807) is 0 Å². The number of aryl methyl sites for hydroxylation is 2. The van der Waals surface area contributed by atoms with Gasteiger partial charge in [0.05, 0.1) is 11.2 Å². The SMILES string of the molecule is Cc1ccc(C(CN2CCC(N)C2)=C(F)B2OC(C)(C)C(C)(C)O2)c(C)c1. The Balaban J connectivity index is 1.99. The van der Waals surface area contributed by atoms with Crippen molar-refractivity contribution in [1.29, 1.82) is 0 Å². The van der Waals surface area contributed by atoms with Crippen molar-refractivity contribution in [2.45, 2.75) is 65.2 Å². The predicted octanol–water partition coefficient (Wildman–Crippen LogP) is 3.65. The summed E-state index contributed by atoms with van der Waals surface area (Å²) in [5, 5.41) is 0. The highest BCUT2D eigenvalue weighted by atomic mass is 19.1. The maximum absolute atomic E-state index is 15.7. The first-order chi connectivity index (χ1) is 12.5. The molecule has 0 saturated carbocycles. The first kappa shape index (κ1) is 20.5. The lowest BCUT2D eigenvalue weighted by Crippen LogP contribution is -2.41. The zero-order chi connectivity index (χ0) is 20.0. The molecule has 27 heavy (non-hydrogen) atoms. The summed E-state index contributed by atoms with van der Waals surface area (Å²) in [6.07, 6.45) is 0.943. The average molecular weight is 374 g/mol. The molecule has 1 aromatic rings. The summed E-state index contributed by atoms with van der Waals surface area (Å²) in [7, 11) is -0.984. The summed E-state index contributed by atoms with van der Waals surface area (Å²) in [5.41, 5.74) is 8.35. The minimum atomic E-state index is -0.984. The molecule has 2 saturated heterocycles. The molecule has 2 N–H and O–H groups in total. The summed E-state index contributed by atoms with van der Waals surface area (Å²) >= 11 is 0. The fraction of sp³-hybridized carbons (Fsp3) is 0.619. The molecule has 0 radical (unpaired) electrons. The topological polar surface area (TPSA) is 47.7 Å². The predicted molar refractivity (Wildman–Crippen MR) is 109 cm³/mol. The van der Waals surface area contributed by atoms with Crippen molar-refractivity contribution in [3.8, 4) is 0 Å². The molecule has 6 heteroatoms. The molecular formula is C21H32BFN2O2. The van der Waals surface area contributed by atoms with Gasteiger partial charge in [-0.05, 0) is 59.1 Å². The molecule has 0 aliphatic carbocycles. The van der Waals surface area contributed by atoms with Crippen molar-refractivity contribution >= 4 is 12.7 Å². The Kier molecular flexibility index (Phi) is 5.56. The molecule has 2 aliphatic heterocycles. The van der Waals surface area contributed by atoms with Crippen LogP contribution in [-0.4, -0.2) is 48.9 Å². The van der Waals surface area contributed by atoms with Gasteiger partial charge in [-0.2, -0.15) is 0 Å². The second-order valence-electron chi connectivity index (χ2n) is 9.02. The largest absolute Gasteiger partial charge is 0.525 e. The summed E-state index contributed by atoms with van der Waals surface area (Å²) in [4.78, 5) is 2.21. The summed E-state index contributed by atoms with van der Waals surface area (Å²) < 4.78 is 27.7. The third-order valence-electron chi connectivity index (χ3n) is 6.15. The van der Waals surface area contributed by atoms with Crippen LogP contribution < -0.4 is 5.73 Å². The Morgan fingerprint density at radius 3 is 2.37 bits per heavy atom. The lowest BCUT2D eigenvalue weighted by molar-refractivity contribution is 0.00578. The molecule has 3 rings (SSSR count). The molecule has 2 heterocycles. The van der Waals surface area contributed by atoms with E-state index in [1.165, 1.54) is 0 Å². The van der Waals surface area contributed by atoms with Crippen LogP contribution >= 0.6 is 0 Å². The van der Waals surface area contributed by atoms with E-state index in [2.05, 4.69) is 11.0 Å². The maximum atomic E-state index is 15.7. The molecule has 1 unspecified atom stereocenters. The minimum Gasteiger partial charge on any atom is -0.398 e. The Bertz CT molecular complexity index is 732. The van der Waals surface area contributed by atoms with Crippen molar-refractivity contribution in [2.24, 2.45) is 5.73 Å². The number of nitrogens with zero attached hydrogens (tertiary/aromatic N) is 1. The van der Waals surface area contributed by atoms with Crippen LogP contribution in [0, 0.1) is 13.8 Å². The normalized spacial score (nSPS) is 25.8. The van der Waals surface area contributed by atoms with Crippen molar-refractivity contribution in [1.82, 2.24) is 4.90 Å². The van der Waals surface area contributed by atoms with Crippen molar-refractivity contribution in [2.75, 3.05) is 19.6 Å². The minimum absolute atomic E-state index is 0.158. The Morgan fingerprint density at radius 1 is 1.22 bits per heavy atom. The Labute approximate surface area is 163 Å². The molecule has 148 valence electrons. The molecule has 0 amide bonds. The lowest BCUT2D eigenvalue weighted by Gasteiger charge is -2.32. The summed E-state index contributed by atoms with van der Waals surface area (Å²) in [5.74, 6) is 0. The van der Waals surface area contributed by atoms with Crippen molar-refractivity contribution in [3.05, 3.63) is 40.6 Å². The fourth-order valence-corrected chi connectivity index (χ4v) is 3.76. The average Bonchev–Trinajstić information content (AvgIpc) is 3.05. The standard InChI is InChI=1S/C21H32BFN2O2/c1-14-7-8-17(15(2)11-14)18(13-25-10-9-16(24)12-25)19(23)22-26-20(3,4)21(5,6)27-22/h7-8,11,16H,9-10,12-13,24H2,1-6H3. The first-order valence-electron chi connectivity index (χ1n) is 9.80. The molecule has 0 spiro atoms. The molecule has 1 atom stereocenters. The van der Waals surface area contributed by atoms with E-state index in [0.717, 1.165) is 36.2 Å². The van der Waals surface area contributed by atoms with Gasteiger partial charge in [0, 0.05) is 31.2 Å². The highest BCUT2D eigenvalue weighted by molar-refractivity contribution is 6.55. The van der Waals surface area contributed by atoms with Crippen LogP contribution in [0.4, 0.5) is 4.39 Å². The van der Waals surface area contributed by atoms with Gasteiger partial charge >= 0.3 is 7.12 Å². The molecule has 2 fully saturated rings. The molecule has 0 aromatic heterocycles. The number of halogens is 1. The van der Waals surface area contributed by atoms with Gasteiger partial charge in [-0.25, -0.2) is 4.39 Å². The van der Waals surface area contributed by atoms with Crippen LogP contribution in [0.25, 0.3) is 5.57 Å². The van der Waals surface area contributed by atoms with Crippen LogP contribution in [-0.2, 0) is 9.31 Å². The van der Waals surface area contributed by atoms with Gasteiger partial charge in [-0.1, -0.05) is 23.8 Å². The Hall–Kier alpha value is -1.21. The van der Waals surface area contributed by atoms with E-state index in [0.29, 0.717) is 12.1 Å². The van der Waals surface area contributed by atoms with Gasteiger partial charge in [0.2, 0.25) is 0 Å². The summed E-state index contributed by atoms with van der Waals surface area (Å²) in [6.45, 7) is 14.0. The van der Waals surface area contributed by atoms with Gasteiger partial charge in [-0.15, -0.1) is 0 Å². The van der Waals surface area contributed by atoms with Gasteiger partial charge in [-0.3, -0.25) is 4.90 Å². The van der Waals surface area contributed by atoms with Crippen molar-refractivity contribution in [3.63, 3.8) is 0 Å². The van der Waals surface area contributed by atoms with E-state index in [1.807, 2.05) is 53.7 Å². The van der Waals surface area contributed by atoms with E-state index < -0.39 is 18.3 Å². The maximum Gasteiger partial charge on any atom is 0.525 e. The van der Waals surface area contributed by atoms with Gasteiger partial charge in [0.1, 0.15) is 5.73 Å². The number of likely N-dealkylation sites (tertiary alicyclic amines) is 1. The monoisotopic (exact) mass is 374 g/mol. The smallest absolute Gasteiger partial charge is 0.398 e. The number of hydrogen-bond acceptors (Lipinski definition) is 4. The highest BCUT2D eigenvalue weighted by Crippen LogP contribution is 2.40. The van der Waals surface area contributed by atoms with E-state index in [-0.39, 0.29) is 11.8 Å². The van der Waals surface area contributed by atoms with Crippen molar-refractivity contribution < 1.29 is 13.7 Å².